The van der Waals surface area contributed by atoms with Gasteiger partial charge in [-0.25, -0.2) is 8.78 Å². The smallest absolute Gasteiger partial charge is 0.135 e. The second kappa shape index (κ2) is 4.49. The van der Waals surface area contributed by atoms with Crippen LogP contribution in [0.15, 0.2) is 24.4 Å². The number of benzene rings is 1. The zero-order valence-corrected chi connectivity index (χ0v) is 9.26. The predicted molar refractivity (Wildman–Crippen MR) is 60.2 cm³/mol. The topological polar surface area (TPSA) is 43.8 Å². The molecule has 0 spiro atoms. The van der Waals surface area contributed by atoms with Gasteiger partial charge < -0.3 is 5.73 Å². The summed E-state index contributed by atoms with van der Waals surface area (Å²) in [6.07, 6.45) is 1.43. The molecule has 0 saturated heterocycles. The van der Waals surface area contributed by atoms with Gasteiger partial charge in [0.05, 0.1) is 17.6 Å². The number of halogens is 3. The second-order valence-electron chi connectivity index (χ2n) is 3.20. The summed E-state index contributed by atoms with van der Waals surface area (Å²) in [5.74, 6) is -1.26. The van der Waals surface area contributed by atoms with Gasteiger partial charge in [-0.2, -0.15) is 5.10 Å². The fourth-order valence-electron chi connectivity index (χ4n) is 1.47. The standard InChI is InChI=1S/C10H9F2N3.ClH/c1-15-10(9(13)5-14-15)7-3-2-6(11)4-8(7)12;/h2-5H,13H2,1H3;1H. The molecule has 0 saturated carbocycles. The number of aryl methyl sites for hydroxylation is 1. The highest BCUT2D eigenvalue weighted by atomic mass is 35.5. The number of nitrogens with two attached hydrogens (primary N) is 1. The first kappa shape index (κ1) is 12.4. The molecule has 0 amide bonds. The lowest BCUT2D eigenvalue weighted by atomic mass is 10.1. The van der Waals surface area contributed by atoms with Crippen LogP contribution in [-0.4, -0.2) is 9.78 Å². The molecule has 0 fully saturated rings. The number of hydrogen-bond donors (Lipinski definition) is 1. The highest BCUT2D eigenvalue weighted by Gasteiger charge is 2.13. The zero-order valence-electron chi connectivity index (χ0n) is 8.45. The van der Waals surface area contributed by atoms with E-state index in [9.17, 15) is 8.78 Å². The van der Waals surface area contributed by atoms with Gasteiger partial charge in [0.2, 0.25) is 0 Å². The SMILES string of the molecule is Cl.Cn1ncc(N)c1-c1ccc(F)cc1F. The largest absolute Gasteiger partial charge is 0.396 e. The Morgan fingerprint density at radius 2 is 2.00 bits per heavy atom. The summed E-state index contributed by atoms with van der Waals surface area (Å²) in [5.41, 5.74) is 6.70. The maximum absolute atomic E-state index is 13.4. The van der Waals surface area contributed by atoms with Crippen molar-refractivity contribution in [3.63, 3.8) is 0 Å². The van der Waals surface area contributed by atoms with Crippen molar-refractivity contribution in [2.45, 2.75) is 0 Å². The molecule has 0 aliphatic heterocycles. The van der Waals surface area contributed by atoms with Crippen molar-refractivity contribution >= 4 is 18.1 Å². The molecule has 0 aliphatic carbocycles. The third kappa shape index (κ3) is 1.99. The minimum Gasteiger partial charge on any atom is -0.396 e. The lowest BCUT2D eigenvalue weighted by Crippen LogP contribution is -1.98. The van der Waals surface area contributed by atoms with Crippen molar-refractivity contribution in [2.24, 2.45) is 7.05 Å². The quantitative estimate of drug-likeness (QED) is 0.838. The van der Waals surface area contributed by atoms with E-state index in [1.807, 2.05) is 0 Å². The van der Waals surface area contributed by atoms with Crippen molar-refractivity contribution < 1.29 is 8.78 Å². The monoisotopic (exact) mass is 245 g/mol. The predicted octanol–water partition coefficient (Wildman–Crippen LogP) is 2.37. The Kier molecular flexibility index (Phi) is 3.49. The van der Waals surface area contributed by atoms with Crippen LogP contribution < -0.4 is 5.73 Å². The van der Waals surface area contributed by atoms with E-state index in [0.29, 0.717) is 11.4 Å². The van der Waals surface area contributed by atoms with E-state index < -0.39 is 11.6 Å². The maximum Gasteiger partial charge on any atom is 0.135 e. The van der Waals surface area contributed by atoms with Gasteiger partial charge in [-0.3, -0.25) is 4.68 Å². The van der Waals surface area contributed by atoms with Crippen molar-refractivity contribution in [3.05, 3.63) is 36.0 Å². The molecular formula is C10H10ClF2N3. The molecule has 1 aromatic carbocycles. The molecule has 2 rings (SSSR count). The van der Waals surface area contributed by atoms with Crippen LogP contribution in [0.1, 0.15) is 0 Å². The average molecular weight is 246 g/mol. The molecule has 2 N–H and O–H groups in total. The number of nitrogen functional groups attached to an aromatic ring is 1. The van der Waals surface area contributed by atoms with Gasteiger partial charge in [0.15, 0.2) is 0 Å². The third-order valence-electron chi connectivity index (χ3n) is 2.15. The minimum absolute atomic E-state index is 0. The highest BCUT2D eigenvalue weighted by molar-refractivity contribution is 5.85. The molecule has 1 heterocycles. The lowest BCUT2D eigenvalue weighted by molar-refractivity contribution is 0.584. The van der Waals surface area contributed by atoms with Gasteiger partial charge in [-0.15, -0.1) is 12.4 Å². The molecule has 0 unspecified atom stereocenters. The Labute approximate surface area is 97.3 Å². The fourth-order valence-corrected chi connectivity index (χ4v) is 1.47. The highest BCUT2D eigenvalue weighted by Crippen LogP contribution is 2.27. The molecule has 1 aromatic heterocycles. The lowest BCUT2D eigenvalue weighted by Gasteiger charge is -2.05. The van der Waals surface area contributed by atoms with Crippen LogP contribution in [0.2, 0.25) is 0 Å². The van der Waals surface area contributed by atoms with Crippen LogP contribution in [0.4, 0.5) is 14.5 Å². The van der Waals surface area contributed by atoms with Crippen LogP contribution in [0.5, 0.6) is 0 Å². The number of rotatable bonds is 1. The van der Waals surface area contributed by atoms with Gasteiger partial charge >= 0.3 is 0 Å². The van der Waals surface area contributed by atoms with E-state index in [1.165, 1.54) is 23.0 Å². The fraction of sp³-hybridized carbons (Fsp3) is 0.100. The number of hydrogen-bond acceptors (Lipinski definition) is 2. The Balaban J connectivity index is 0.00000128. The van der Waals surface area contributed by atoms with Gasteiger partial charge in [0.25, 0.3) is 0 Å². The minimum atomic E-state index is -0.648. The molecular weight excluding hydrogens is 236 g/mol. The van der Waals surface area contributed by atoms with E-state index in [0.717, 1.165) is 6.07 Å². The summed E-state index contributed by atoms with van der Waals surface area (Å²) in [7, 11) is 1.65. The van der Waals surface area contributed by atoms with Crippen LogP contribution in [0, 0.1) is 11.6 Å². The van der Waals surface area contributed by atoms with E-state index >= 15 is 0 Å². The van der Waals surface area contributed by atoms with Gasteiger partial charge in [0.1, 0.15) is 11.6 Å². The molecule has 0 bridgehead atoms. The summed E-state index contributed by atoms with van der Waals surface area (Å²) in [5, 5.41) is 3.89. The van der Waals surface area contributed by atoms with Crippen molar-refractivity contribution in [3.8, 4) is 11.3 Å². The normalized spacial score (nSPS) is 9.94. The maximum atomic E-state index is 13.4. The first-order valence-corrected chi connectivity index (χ1v) is 4.32. The molecule has 2 aromatic rings. The van der Waals surface area contributed by atoms with Crippen molar-refractivity contribution in [2.75, 3.05) is 5.73 Å². The molecule has 16 heavy (non-hydrogen) atoms. The van der Waals surface area contributed by atoms with Crippen LogP contribution in [0.3, 0.4) is 0 Å². The third-order valence-corrected chi connectivity index (χ3v) is 2.15. The molecule has 6 heteroatoms. The summed E-state index contributed by atoms with van der Waals surface area (Å²) in [4.78, 5) is 0. The van der Waals surface area contributed by atoms with Crippen molar-refractivity contribution in [1.82, 2.24) is 9.78 Å². The Morgan fingerprint density at radius 3 is 2.50 bits per heavy atom. The summed E-state index contributed by atoms with van der Waals surface area (Å²) in [6.45, 7) is 0. The molecule has 0 aliphatic rings. The van der Waals surface area contributed by atoms with Gasteiger partial charge in [0, 0.05) is 18.7 Å². The van der Waals surface area contributed by atoms with Crippen LogP contribution in [0.25, 0.3) is 11.3 Å². The second-order valence-corrected chi connectivity index (χ2v) is 3.20. The Morgan fingerprint density at radius 1 is 1.31 bits per heavy atom. The Hall–Kier alpha value is -1.62. The molecule has 0 radical (unpaired) electrons. The Bertz CT molecular complexity index is 491. The van der Waals surface area contributed by atoms with E-state index in [2.05, 4.69) is 5.10 Å². The number of aromatic nitrogens is 2. The summed E-state index contributed by atoms with van der Waals surface area (Å²) < 4.78 is 27.6. The van der Waals surface area contributed by atoms with Crippen LogP contribution >= 0.6 is 12.4 Å². The average Bonchev–Trinajstić information content (AvgIpc) is 2.48. The number of anilines is 1. The van der Waals surface area contributed by atoms with E-state index in [1.54, 1.807) is 7.05 Å². The van der Waals surface area contributed by atoms with Crippen molar-refractivity contribution in [1.29, 1.82) is 0 Å². The first-order chi connectivity index (χ1) is 7.09. The first-order valence-electron chi connectivity index (χ1n) is 4.32. The van der Waals surface area contributed by atoms with E-state index in [-0.39, 0.29) is 18.0 Å². The van der Waals surface area contributed by atoms with E-state index in [4.69, 9.17) is 5.73 Å². The molecule has 86 valence electrons. The van der Waals surface area contributed by atoms with Gasteiger partial charge in [-0.05, 0) is 12.1 Å². The summed E-state index contributed by atoms with van der Waals surface area (Å²) >= 11 is 0. The van der Waals surface area contributed by atoms with Gasteiger partial charge in [-0.1, -0.05) is 0 Å². The molecule has 0 atom stereocenters. The number of nitrogens with zero attached hydrogens (tertiary/aromatic N) is 2. The molecule has 3 nitrogen and oxygen atoms in total. The summed E-state index contributed by atoms with van der Waals surface area (Å²) in [6, 6.07) is 3.35. The zero-order chi connectivity index (χ0) is 11.0. The van der Waals surface area contributed by atoms with Crippen LogP contribution in [-0.2, 0) is 7.05 Å².